The predicted molar refractivity (Wildman–Crippen MR) is 75.7 cm³/mol. The van der Waals surface area contributed by atoms with Gasteiger partial charge in [-0.1, -0.05) is 43.1 Å². The number of rotatable bonds is 7. The largest absolute Gasteiger partial charge is 0.345 e. The Morgan fingerprint density at radius 3 is 2.78 bits per heavy atom. The number of likely N-dealkylation sites (N-methyl/N-ethyl adjacent to an activating group) is 1. The fourth-order valence-corrected chi connectivity index (χ4v) is 1.80. The zero-order chi connectivity index (χ0) is 13.4. The predicted octanol–water partition coefficient (Wildman–Crippen LogP) is 2.69. The monoisotopic (exact) mass is 268 g/mol. The minimum atomic E-state index is 0.121. The molecule has 4 heteroatoms. The van der Waals surface area contributed by atoms with E-state index in [2.05, 4.69) is 12.2 Å². The van der Waals surface area contributed by atoms with E-state index in [9.17, 15) is 4.79 Å². The maximum atomic E-state index is 11.8. The lowest BCUT2D eigenvalue weighted by Crippen LogP contribution is -2.35. The van der Waals surface area contributed by atoms with E-state index >= 15 is 0 Å². The molecule has 0 bridgehead atoms. The van der Waals surface area contributed by atoms with E-state index in [1.165, 1.54) is 0 Å². The highest BCUT2D eigenvalue weighted by Gasteiger charge is 2.07. The number of nitrogens with one attached hydrogen (secondary N) is 1. The van der Waals surface area contributed by atoms with Crippen molar-refractivity contribution in [1.82, 2.24) is 10.2 Å². The number of benzene rings is 1. The molecule has 0 atom stereocenters. The molecule has 0 aromatic heterocycles. The lowest BCUT2D eigenvalue weighted by molar-refractivity contribution is -0.129. The number of halogens is 1. The molecular formula is C14H21ClN2O. The zero-order valence-electron chi connectivity index (χ0n) is 11.1. The summed E-state index contributed by atoms with van der Waals surface area (Å²) in [7, 11) is 1.84. The fourth-order valence-electron chi connectivity index (χ4n) is 1.60. The molecule has 1 aromatic carbocycles. The van der Waals surface area contributed by atoms with Crippen LogP contribution in [0.4, 0.5) is 0 Å². The molecule has 0 aliphatic carbocycles. The van der Waals surface area contributed by atoms with Gasteiger partial charge in [0.05, 0.1) is 6.54 Å². The van der Waals surface area contributed by atoms with Crippen molar-refractivity contribution in [3.05, 3.63) is 34.9 Å². The van der Waals surface area contributed by atoms with Gasteiger partial charge in [0.15, 0.2) is 0 Å². The highest BCUT2D eigenvalue weighted by atomic mass is 35.5. The van der Waals surface area contributed by atoms with Gasteiger partial charge in [0.25, 0.3) is 0 Å². The molecule has 0 radical (unpaired) electrons. The first-order chi connectivity index (χ1) is 8.65. The van der Waals surface area contributed by atoms with Gasteiger partial charge in [-0.15, -0.1) is 0 Å². The maximum absolute atomic E-state index is 11.8. The van der Waals surface area contributed by atoms with Crippen LogP contribution >= 0.6 is 11.6 Å². The minimum Gasteiger partial charge on any atom is -0.345 e. The Balaban J connectivity index is 2.29. The van der Waals surface area contributed by atoms with Gasteiger partial charge in [0.2, 0.25) is 5.91 Å². The molecule has 100 valence electrons. The van der Waals surface area contributed by atoms with Gasteiger partial charge in [-0.25, -0.2) is 0 Å². The van der Waals surface area contributed by atoms with Crippen LogP contribution in [0.1, 0.15) is 25.3 Å². The second-order valence-corrected chi connectivity index (χ2v) is 4.77. The summed E-state index contributed by atoms with van der Waals surface area (Å²) in [6.07, 6.45) is 2.15. The van der Waals surface area contributed by atoms with Gasteiger partial charge in [-0.2, -0.15) is 0 Å². The SMILES string of the molecule is CCCCN(C)C(=O)CNCc1ccccc1Cl. The number of unbranched alkanes of at least 4 members (excludes halogenated alkanes) is 1. The maximum Gasteiger partial charge on any atom is 0.236 e. The molecule has 0 fully saturated rings. The Labute approximate surface area is 114 Å². The van der Waals surface area contributed by atoms with Gasteiger partial charge in [-0.3, -0.25) is 4.79 Å². The second kappa shape index (κ2) is 8.11. The van der Waals surface area contributed by atoms with Gasteiger partial charge >= 0.3 is 0 Å². The van der Waals surface area contributed by atoms with Crippen molar-refractivity contribution in [1.29, 1.82) is 0 Å². The fraction of sp³-hybridized carbons (Fsp3) is 0.500. The average Bonchev–Trinajstić information content (AvgIpc) is 2.38. The molecule has 18 heavy (non-hydrogen) atoms. The van der Waals surface area contributed by atoms with Crippen LogP contribution in [-0.2, 0) is 11.3 Å². The first-order valence-corrected chi connectivity index (χ1v) is 6.71. The van der Waals surface area contributed by atoms with Crippen LogP contribution in [0.15, 0.2) is 24.3 Å². The molecule has 1 rings (SSSR count). The summed E-state index contributed by atoms with van der Waals surface area (Å²) < 4.78 is 0. The van der Waals surface area contributed by atoms with Crippen LogP contribution in [0.2, 0.25) is 5.02 Å². The smallest absolute Gasteiger partial charge is 0.236 e. The Bertz CT molecular complexity index is 382. The highest BCUT2D eigenvalue weighted by molar-refractivity contribution is 6.31. The van der Waals surface area contributed by atoms with Crippen LogP contribution in [0.25, 0.3) is 0 Å². The Morgan fingerprint density at radius 1 is 1.39 bits per heavy atom. The van der Waals surface area contributed by atoms with Gasteiger partial charge in [0, 0.05) is 25.2 Å². The molecule has 0 heterocycles. The second-order valence-electron chi connectivity index (χ2n) is 4.36. The van der Waals surface area contributed by atoms with Crippen molar-refractivity contribution >= 4 is 17.5 Å². The van der Waals surface area contributed by atoms with E-state index in [-0.39, 0.29) is 5.91 Å². The van der Waals surface area contributed by atoms with Crippen LogP contribution < -0.4 is 5.32 Å². The Morgan fingerprint density at radius 2 is 2.11 bits per heavy atom. The molecular weight excluding hydrogens is 248 g/mol. The molecule has 0 spiro atoms. The van der Waals surface area contributed by atoms with E-state index in [1.807, 2.05) is 31.3 Å². The zero-order valence-corrected chi connectivity index (χ0v) is 11.8. The quantitative estimate of drug-likeness (QED) is 0.825. The number of amides is 1. The molecule has 0 saturated carbocycles. The molecule has 3 nitrogen and oxygen atoms in total. The summed E-state index contributed by atoms with van der Waals surface area (Å²) in [5.74, 6) is 0.121. The number of hydrogen-bond donors (Lipinski definition) is 1. The minimum absolute atomic E-state index is 0.121. The van der Waals surface area contributed by atoms with Crippen molar-refractivity contribution in [2.45, 2.75) is 26.3 Å². The van der Waals surface area contributed by atoms with Crippen LogP contribution in [0, 0.1) is 0 Å². The van der Waals surface area contributed by atoms with Crippen LogP contribution in [-0.4, -0.2) is 30.9 Å². The summed E-state index contributed by atoms with van der Waals surface area (Å²) in [5, 5.41) is 3.86. The first-order valence-electron chi connectivity index (χ1n) is 6.33. The number of carbonyl (C=O) groups excluding carboxylic acids is 1. The average molecular weight is 269 g/mol. The van der Waals surface area contributed by atoms with Gasteiger partial charge in [0.1, 0.15) is 0 Å². The molecule has 0 saturated heterocycles. The van der Waals surface area contributed by atoms with E-state index in [0.29, 0.717) is 13.1 Å². The van der Waals surface area contributed by atoms with Crippen molar-refractivity contribution in [3.8, 4) is 0 Å². The summed E-state index contributed by atoms with van der Waals surface area (Å²) in [6.45, 7) is 3.91. The van der Waals surface area contributed by atoms with Crippen LogP contribution in [0.5, 0.6) is 0 Å². The van der Waals surface area contributed by atoms with Crippen molar-refractivity contribution < 1.29 is 4.79 Å². The van der Waals surface area contributed by atoms with Crippen molar-refractivity contribution in [3.63, 3.8) is 0 Å². The molecule has 0 aliphatic rings. The molecule has 1 aromatic rings. The molecule has 1 N–H and O–H groups in total. The third-order valence-corrected chi connectivity index (χ3v) is 3.19. The van der Waals surface area contributed by atoms with E-state index in [1.54, 1.807) is 4.90 Å². The molecule has 0 aliphatic heterocycles. The van der Waals surface area contributed by atoms with Crippen LogP contribution in [0.3, 0.4) is 0 Å². The standard InChI is InChI=1S/C14H21ClN2O/c1-3-4-9-17(2)14(18)11-16-10-12-7-5-6-8-13(12)15/h5-8,16H,3-4,9-11H2,1-2H3. The highest BCUT2D eigenvalue weighted by Crippen LogP contribution is 2.14. The third-order valence-electron chi connectivity index (χ3n) is 2.82. The van der Waals surface area contributed by atoms with E-state index < -0.39 is 0 Å². The lowest BCUT2D eigenvalue weighted by Gasteiger charge is -2.17. The molecule has 0 unspecified atom stereocenters. The van der Waals surface area contributed by atoms with E-state index in [4.69, 9.17) is 11.6 Å². The normalized spacial score (nSPS) is 10.4. The summed E-state index contributed by atoms with van der Waals surface area (Å²) in [6, 6.07) is 7.65. The Kier molecular flexibility index (Phi) is 6.76. The topological polar surface area (TPSA) is 32.3 Å². The third kappa shape index (κ3) is 5.07. The first kappa shape index (κ1) is 15.0. The van der Waals surface area contributed by atoms with Crippen molar-refractivity contribution in [2.75, 3.05) is 20.1 Å². The van der Waals surface area contributed by atoms with E-state index in [0.717, 1.165) is 30.0 Å². The number of nitrogens with zero attached hydrogens (tertiary/aromatic N) is 1. The summed E-state index contributed by atoms with van der Waals surface area (Å²) >= 11 is 6.04. The molecule has 1 amide bonds. The number of hydrogen-bond acceptors (Lipinski definition) is 2. The summed E-state index contributed by atoms with van der Waals surface area (Å²) in [5.41, 5.74) is 1.02. The van der Waals surface area contributed by atoms with Gasteiger partial charge < -0.3 is 10.2 Å². The lowest BCUT2D eigenvalue weighted by atomic mass is 10.2. The number of carbonyl (C=O) groups is 1. The summed E-state index contributed by atoms with van der Waals surface area (Å²) in [4.78, 5) is 13.5. The Hall–Kier alpha value is -1.06. The van der Waals surface area contributed by atoms with Crippen molar-refractivity contribution in [2.24, 2.45) is 0 Å². The van der Waals surface area contributed by atoms with Gasteiger partial charge in [-0.05, 0) is 18.1 Å².